The van der Waals surface area contributed by atoms with Gasteiger partial charge in [-0.3, -0.25) is 4.79 Å². The summed E-state index contributed by atoms with van der Waals surface area (Å²) in [6.07, 6.45) is 2.98. The second-order valence-corrected chi connectivity index (χ2v) is 6.16. The quantitative estimate of drug-likeness (QED) is 0.817. The van der Waals surface area contributed by atoms with E-state index in [0.717, 1.165) is 0 Å². The molecule has 1 saturated carbocycles. The van der Waals surface area contributed by atoms with Crippen LogP contribution in [0.3, 0.4) is 0 Å². The molecular weight excluding hydrogens is 228 g/mol. The maximum absolute atomic E-state index is 12.1. The standard InChI is InChI=1S/C13H20N4O/c1-12(2)10(14)13(3,4)11(12)17-9(18)8-5-6-15-16-7-8/h5-7,10-11H,14H2,1-4H3,(H,17,18). The van der Waals surface area contributed by atoms with E-state index in [2.05, 4.69) is 43.2 Å². The van der Waals surface area contributed by atoms with Crippen molar-refractivity contribution in [3.05, 3.63) is 24.0 Å². The molecule has 0 unspecified atom stereocenters. The van der Waals surface area contributed by atoms with Crippen molar-refractivity contribution in [1.82, 2.24) is 15.5 Å². The van der Waals surface area contributed by atoms with Crippen molar-refractivity contribution in [3.8, 4) is 0 Å². The number of rotatable bonds is 2. The maximum atomic E-state index is 12.1. The molecule has 1 aromatic heterocycles. The van der Waals surface area contributed by atoms with Gasteiger partial charge >= 0.3 is 0 Å². The van der Waals surface area contributed by atoms with E-state index in [1.54, 1.807) is 6.07 Å². The fourth-order valence-corrected chi connectivity index (χ4v) is 3.19. The van der Waals surface area contributed by atoms with Crippen LogP contribution in [0.5, 0.6) is 0 Å². The molecular formula is C13H20N4O. The Morgan fingerprint density at radius 2 is 1.89 bits per heavy atom. The predicted molar refractivity (Wildman–Crippen MR) is 68.8 cm³/mol. The third-order valence-corrected chi connectivity index (χ3v) is 4.21. The van der Waals surface area contributed by atoms with Gasteiger partial charge in [0.2, 0.25) is 0 Å². The highest BCUT2D eigenvalue weighted by Crippen LogP contribution is 2.52. The van der Waals surface area contributed by atoms with Crippen LogP contribution in [-0.4, -0.2) is 28.2 Å². The fourth-order valence-electron chi connectivity index (χ4n) is 3.19. The van der Waals surface area contributed by atoms with E-state index in [0.29, 0.717) is 5.56 Å². The molecule has 1 aliphatic carbocycles. The lowest BCUT2D eigenvalue weighted by atomic mass is 9.48. The van der Waals surface area contributed by atoms with Crippen molar-refractivity contribution in [2.24, 2.45) is 16.6 Å². The molecule has 1 aliphatic rings. The van der Waals surface area contributed by atoms with E-state index in [-0.39, 0.29) is 28.8 Å². The molecule has 98 valence electrons. The summed E-state index contributed by atoms with van der Waals surface area (Å²) < 4.78 is 0. The molecule has 0 bridgehead atoms. The third kappa shape index (κ3) is 1.79. The summed E-state index contributed by atoms with van der Waals surface area (Å²) in [7, 11) is 0. The lowest BCUT2D eigenvalue weighted by Gasteiger charge is -2.62. The first-order valence-corrected chi connectivity index (χ1v) is 6.11. The van der Waals surface area contributed by atoms with E-state index in [4.69, 9.17) is 5.73 Å². The number of hydrogen-bond donors (Lipinski definition) is 2. The van der Waals surface area contributed by atoms with Gasteiger partial charge in [-0.2, -0.15) is 10.2 Å². The number of carbonyl (C=O) groups excluding carboxylic acids is 1. The minimum Gasteiger partial charge on any atom is -0.348 e. The van der Waals surface area contributed by atoms with Gasteiger partial charge in [0.15, 0.2) is 0 Å². The highest BCUT2D eigenvalue weighted by atomic mass is 16.1. The van der Waals surface area contributed by atoms with E-state index in [1.807, 2.05) is 0 Å². The zero-order valence-corrected chi connectivity index (χ0v) is 11.3. The first-order chi connectivity index (χ1) is 8.28. The molecule has 1 aromatic rings. The number of amides is 1. The Kier molecular flexibility index (Phi) is 2.89. The topological polar surface area (TPSA) is 80.9 Å². The molecule has 1 heterocycles. The minimum absolute atomic E-state index is 0.0562. The van der Waals surface area contributed by atoms with Crippen LogP contribution in [0.4, 0.5) is 0 Å². The monoisotopic (exact) mass is 248 g/mol. The van der Waals surface area contributed by atoms with Gasteiger partial charge in [0.25, 0.3) is 5.91 Å². The fraction of sp³-hybridized carbons (Fsp3) is 0.615. The summed E-state index contributed by atoms with van der Waals surface area (Å²) in [4.78, 5) is 12.1. The largest absolute Gasteiger partial charge is 0.348 e. The molecule has 0 spiro atoms. The van der Waals surface area contributed by atoms with Crippen molar-refractivity contribution >= 4 is 5.91 Å². The number of nitrogens with zero attached hydrogens (tertiary/aromatic N) is 2. The zero-order valence-electron chi connectivity index (χ0n) is 11.3. The zero-order chi connectivity index (χ0) is 13.6. The van der Waals surface area contributed by atoms with Crippen LogP contribution in [-0.2, 0) is 0 Å². The van der Waals surface area contributed by atoms with E-state index < -0.39 is 0 Å². The molecule has 3 N–H and O–H groups in total. The smallest absolute Gasteiger partial charge is 0.253 e. The van der Waals surface area contributed by atoms with E-state index >= 15 is 0 Å². The second-order valence-electron chi connectivity index (χ2n) is 6.16. The van der Waals surface area contributed by atoms with Crippen molar-refractivity contribution in [1.29, 1.82) is 0 Å². The van der Waals surface area contributed by atoms with Gasteiger partial charge in [-0.05, 0) is 6.07 Å². The van der Waals surface area contributed by atoms with Crippen LogP contribution in [0, 0.1) is 10.8 Å². The Labute approximate surface area is 107 Å². The molecule has 0 atom stereocenters. The van der Waals surface area contributed by atoms with Gasteiger partial charge < -0.3 is 11.1 Å². The van der Waals surface area contributed by atoms with Crippen molar-refractivity contribution < 1.29 is 4.79 Å². The Morgan fingerprint density at radius 3 is 2.39 bits per heavy atom. The van der Waals surface area contributed by atoms with E-state index in [9.17, 15) is 4.79 Å². The third-order valence-electron chi connectivity index (χ3n) is 4.21. The van der Waals surface area contributed by atoms with Crippen LogP contribution in [0.25, 0.3) is 0 Å². The van der Waals surface area contributed by atoms with Gasteiger partial charge in [0.05, 0.1) is 18.0 Å². The number of aromatic nitrogens is 2. The van der Waals surface area contributed by atoms with Gasteiger partial charge in [-0.15, -0.1) is 0 Å². The average Bonchev–Trinajstić information content (AvgIpc) is 2.35. The highest BCUT2D eigenvalue weighted by Gasteiger charge is 2.60. The Bertz CT molecular complexity index is 439. The molecule has 0 radical (unpaired) electrons. The number of nitrogens with one attached hydrogen (secondary N) is 1. The summed E-state index contributed by atoms with van der Waals surface area (Å²) in [5, 5.41) is 10.4. The molecule has 0 saturated heterocycles. The van der Waals surface area contributed by atoms with Gasteiger partial charge in [-0.1, -0.05) is 27.7 Å². The van der Waals surface area contributed by atoms with Crippen LogP contribution in [0.1, 0.15) is 38.1 Å². The maximum Gasteiger partial charge on any atom is 0.253 e. The van der Waals surface area contributed by atoms with Crippen molar-refractivity contribution in [2.45, 2.75) is 39.8 Å². The van der Waals surface area contributed by atoms with Gasteiger partial charge in [-0.25, -0.2) is 0 Å². The molecule has 18 heavy (non-hydrogen) atoms. The molecule has 5 nitrogen and oxygen atoms in total. The lowest BCUT2D eigenvalue weighted by molar-refractivity contribution is -0.0663. The first kappa shape index (κ1) is 13.0. The molecule has 2 rings (SSSR count). The summed E-state index contributed by atoms with van der Waals surface area (Å²) in [5.41, 5.74) is 6.50. The Morgan fingerprint density at radius 1 is 1.28 bits per heavy atom. The predicted octanol–water partition coefficient (Wildman–Crippen LogP) is 0.968. The van der Waals surface area contributed by atoms with Crippen LogP contribution in [0.15, 0.2) is 18.5 Å². The van der Waals surface area contributed by atoms with E-state index in [1.165, 1.54) is 12.4 Å². The highest BCUT2D eigenvalue weighted by molar-refractivity contribution is 5.94. The average molecular weight is 248 g/mol. The second kappa shape index (κ2) is 4.02. The summed E-state index contributed by atoms with van der Waals surface area (Å²) in [6, 6.07) is 1.78. The first-order valence-electron chi connectivity index (χ1n) is 6.11. The summed E-state index contributed by atoms with van der Waals surface area (Å²) in [6.45, 7) is 8.33. The number of hydrogen-bond acceptors (Lipinski definition) is 4. The molecule has 0 aliphatic heterocycles. The minimum atomic E-state index is -0.122. The SMILES string of the molecule is CC1(C)C(N)C(C)(C)C1NC(=O)c1ccnnc1. The van der Waals surface area contributed by atoms with Gasteiger partial charge in [0, 0.05) is 22.9 Å². The molecule has 0 aromatic carbocycles. The number of nitrogens with two attached hydrogens (primary N) is 1. The Hall–Kier alpha value is -1.49. The van der Waals surface area contributed by atoms with Crippen molar-refractivity contribution in [2.75, 3.05) is 0 Å². The molecule has 5 heteroatoms. The van der Waals surface area contributed by atoms with Crippen LogP contribution < -0.4 is 11.1 Å². The van der Waals surface area contributed by atoms with Crippen LogP contribution in [0.2, 0.25) is 0 Å². The molecule has 1 fully saturated rings. The Balaban J connectivity index is 2.13. The van der Waals surface area contributed by atoms with Crippen LogP contribution >= 0.6 is 0 Å². The molecule has 1 amide bonds. The number of carbonyl (C=O) groups is 1. The summed E-state index contributed by atoms with van der Waals surface area (Å²) >= 11 is 0. The lowest BCUT2D eigenvalue weighted by Crippen LogP contribution is -2.76. The van der Waals surface area contributed by atoms with Crippen molar-refractivity contribution in [3.63, 3.8) is 0 Å². The summed E-state index contributed by atoms with van der Waals surface area (Å²) in [5.74, 6) is -0.122. The van der Waals surface area contributed by atoms with Gasteiger partial charge in [0.1, 0.15) is 0 Å². The normalized spacial score (nSPS) is 28.3.